The molecule has 2 N–H and O–H groups in total. The first-order valence-corrected chi connectivity index (χ1v) is 5.94. The molecule has 0 saturated carbocycles. The van der Waals surface area contributed by atoms with Gasteiger partial charge >= 0.3 is 0 Å². The van der Waals surface area contributed by atoms with Gasteiger partial charge in [-0.2, -0.15) is 8.42 Å². The lowest BCUT2D eigenvalue weighted by Gasteiger charge is -2.06. The third kappa shape index (κ3) is 1.85. The van der Waals surface area contributed by atoms with E-state index in [4.69, 9.17) is 4.55 Å². The summed E-state index contributed by atoms with van der Waals surface area (Å²) in [5.41, 5.74) is -0.416. The zero-order chi connectivity index (χ0) is 12.6. The van der Waals surface area contributed by atoms with Crippen molar-refractivity contribution in [3.05, 3.63) is 35.2 Å². The lowest BCUT2D eigenvalue weighted by molar-refractivity contribution is 0.471. The maximum Gasteiger partial charge on any atom is 0.296 e. The second-order valence-corrected chi connectivity index (χ2v) is 4.74. The molecule has 0 aliphatic rings. The first-order valence-electron chi connectivity index (χ1n) is 4.50. The Hall–Kier alpha value is -1.99. The van der Waals surface area contributed by atoms with Crippen LogP contribution in [0.1, 0.15) is 0 Å². The van der Waals surface area contributed by atoms with Crippen LogP contribution >= 0.6 is 0 Å². The largest absolute Gasteiger partial charge is 0.507 e. The van der Waals surface area contributed by atoms with Gasteiger partial charge in [-0.3, -0.25) is 4.55 Å². The molecule has 0 radical (unpaired) electrons. The van der Waals surface area contributed by atoms with Gasteiger partial charge in [0.05, 0.1) is 0 Å². The summed E-state index contributed by atoms with van der Waals surface area (Å²) >= 11 is 0. The number of nitroso groups, excluding NO2 is 1. The summed E-state index contributed by atoms with van der Waals surface area (Å²) in [5, 5.41) is 12.7. The normalized spacial score (nSPS) is 11.6. The van der Waals surface area contributed by atoms with Gasteiger partial charge < -0.3 is 5.11 Å². The second-order valence-electron chi connectivity index (χ2n) is 3.35. The number of rotatable bonds is 2. The van der Waals surface area contributed by atoms with Crippen molar-refractivity contribution in [2.45, 2.75) is 4.90 Å². The van der Waals surface area contributed by atoms with Gasteiger partial charge in [-0.25, -0.2) is 0 Å². The lowest BCUT2D eigenvalue weighted by atomic mass is 10.1. The molecule has 0 atom stereocenters. The topological polar surface area (TPSA) is 104 Å². The van der Waals surface area contributed by atoms with E-state index < -0.39 is 20.7 Å². The Kier molecular flexibility index (Phi) is 2.56. The summed E-state index contributed by atoms with van der Waals surface area (Å²) in [5.74, 6) is -0.347. The number of benzene rings is 2. The molecule has 0 spiro atoms. The number of nitrogens with zero attached hydrogens (tertiary/aromatic N) is 1. The van der Waals surface area contributed by atoms with Crippen LogP contribution in [0.4, 0.5) is 5.69 Å². The van der Waals surface area contributed by atoms with E-state index in [0.717, 1.165) is 6.07 Å². The molecule has 0 fully saturated rings. The molecule has 0 heterocycles. The fourth-order valence-electron chi connectivity index (χ4n) is 1.61. The predicted molar refractivity (Wildman–Crippen MR) is 60.9 cm³/mol. The summed E-state index contributed by atoms with van der Waals surface area (Å²) in [6.45, 7) is 0. The highest BCUT2D eigenvalue weighted by atomic mass is 32.2. The summed E-state index contributed by atoms with van der Waals surface area (Å²) in [6.07, 6.45) is 0. The average molecular weight is 253 g/mol. The van der Waals surface area contributed by atoms with Gasteiger partial charge in [-0.15, -0.1) is 4.91 Å². The van der Waals surface area contributed by atoms with E-state index in [1.165, 1.54) is 12.1 Å². The quantitative estimate of drug-likeness (QED) is 0.630. The third-order valence-electron chi connectivity index (χ3n) is 2.33. The van der Waals surface area contributed by atoms with E-state index in [1.54, 1.807) is 12.1 Å². The lowest BCUT2D eigenvalue weighted by Crippen LogP contribution is -1.98. The standard InChI is InChI=1S/C10H7NO5S/c12-8-5-9(17(14,15)16)10(11-13)7-4-2-1-3-6(7)8/h1-5,12H,(H,14,15,16). The molecule has 0 amide bonds. The highest BCUT2D eigenvalue weighted by Crippen LogP contribution is 2.38. The van der Waals surface area contributed by atoms with E-state index in [9.17, 15) is 18.4 Å². The first-order chi connectivity index (χ1) is 7.95. The summed E-state index contributed by atoms with van der Waals surface area (Å²) < 4.78 is 31.1. The van der Waals surface area contributed by atoms with Crippen molar-refractivity contribution in [3.63, 3.8) is 0 Å². The van der Waals surface area contributed by atoms with Crippen molar-refractivity contribution in [3.8, 4) is 5.75 Å². The molecule has 7 heteroatoms. The first kappa shape index (κ1) is 11.5. The molecule has 2 aromatic rings. The van der Waals surface area contributed by atoms with Crippen molar-refractivity contribution < 1.29 is 18.1 Å². The highest BCUT2D eigenvalue weighted by Gasteiger charge is 2.21. The van der Waals surface area contributed by atoms with Gasteiger partial charge in [0, 0.05) is 16.8 Å². The minimum atomic E-state index is -4.61. The Bertz CT molecular complexity index is 708. The Morgan fingerprint density at radius 2 is 1.71 bits per heavy atom. The van der Waals surface area contributed by atoms with Gasteiger partial charge in [0.15, 0.2) is 0 Å². The minimum Gasteiger partial charge on any atom is -0.507 e. The molecule has 88 valence electrons. The minimum absolute atomic E-state index is 0.162. The van der Waals surface area contributed by atoms with Crippen molar-refractivity contribution in [2.75, 3.05) is 0 Å². The number of hydrogen-bond acceptors (Lipinski definition) is 5. The second kappa shape index (κ2) is 3.79. The molecule has 2 rings (SSSR count). The molecule has 17 heavy (non-hydrogen) atoms. The van der Waals surface area contributed by atoms with Gasteiger partial charge in [-0.05, 0) is 5.18 Å². The van der Waals surface area contributed by atoms with Crippen molar-refractivity contribution in [1.82, 2.24) is 0 Å². The van der Waals surface area contributed by atoms with Crippen LogP contribution in [0, 0.1) is 4.91 Å². The van der Waals surface area contributed by atoms with E-state index in [1.807, 2.05) is 0 Å². The molecule has 2 aromatic carbocycles. The predicted octanol–water partition coefficient (Wildman–Crippen LogP) is 2.19. The van der Waals surface area contributed by atoms with Crippen LogP contribution in [0.2, 0.25) is 0 Å². The molecule has 6 nitrogen and oxygen atoms in total. The molecular weight excluding hydrogens is 246 g/mol. The van der Waals surface area contributed by atoms with Crippen LogP contribution in [-0.2, 0) is 10.1 Å². The Morgan fingerprint density at radius 3 is 2.24 bits per heavy atom. The average Bonchev–Trinajstić information content (AvgIpc) is 2.28. The number of phenolic OH excluding ortho intramolecular Hbond substituents is 1. The molecule has 0 aromatic heterocycles. The van der Waals surface area contributed by atoms with Crippen molar-refractivity contribution in [1.29, 1.82) is 0 Å². The van der Waals surface area contributed by atoms with Crippen molar-refractivity contribution in [2.24, 2.45) is 5.18 Å². The molecule has 0 aliphatic carbocycles. The van der Waals surface area contributed by atoms with Crippen LogP contribution in [0.15, 0.2) is 40.4 Å². The zero-order valence-corrected chi connectivity index (χ0v) is 9.18. The fourth-order valence-corrected chi connectivity index (χ4v) is 2.26. The molecule has 0 unspecified atom stereocenters. The monoisotopic (exact) mass is 253 g/mol. The maximum atomic E-state index is 11.1. The highest BCUT2D eigenvalue weighted by molar-refractivity contribution is 7.86. The van der Waals surface area contributed by atoms with Crippen LogP contribution in [0.25, 0.3) is 10.8 Å². The Morgan fingerprint density at radius 1 is 1.12 bits per heavy atom. The van der Waals surface area contributed by atoms with Crippen LogP contribution in [0.3, 0.4) is 0 Å². The van der Waals surface area contributed by atoms with E-state index >= 15 is 0 Å². The molecule has 0 bridgehead atoms. The smallest absolute Gasteiger partial charge is 0.296 e. The number of aromatic hydroxyl groups is 1. The molecule has 0 saturated heterocycles. The van der Waals surface area contributed by atoms with Gasteiger partial charge in [0.2, 0.25) is 0 Å². The number of hydrogen-bond donors (Lipinski definition) is 2. The SMILES string of the molecule is O=Nc1c(S(=O)(=O)O)cc(O)c2ccccc12. The van der Waals surface area contributed by atoms with Gasteiger partial charge in [0.1, 0.15) is 16.3 Å². The third-order valence-corrected chi connectivity index (χ3v) is 3.20. The zero-order valence-electron chi connectivity index (χ0n) is 8.36. The van der Waals surface area contributed by atoms with Crippen LogP contribution in [-0.4, -0.2) is 18.1 Å². The van der Waals surface area contributed by atoms with E-state index in [0.29, 0.717) is 0 Å². The van der Waals surface area contributed by atoms with Gasteiger partial charge in [-0.1, -0.05) is 24.3 Å². The maximum absolute atomic E-state index is 11.1. The summed E-state index contributed by atoms with van der Waals surface area (Å²) in [4.78, 5) is 9.99. The number of phenols is 1. The summed E-state index contributed by atoms with van der Waals surface area (Å²) in [7, 11) is -4.61. The van der Waals surface area contributed by atoms with E-state index in [2.05, 4.69) is 5.18 Å². The Labute approximate surface area is 96.2 Å². The Balaban J connectivity index is 3.03. The molecule has 0 aliphatic heterocycles. The fraction of sp³-hybridized carbons (Fsp3) is 0. The van der Waals surface area contributed by atoms with E-state index in [-0.39, 0.29) is 16.5 Å². The van der Waals surface area contributed by atoms with Crippen molar-refractivity contribution >= 4 is 26.6 Å². The van der Waals surface area contributed by atoms with Gasteiger partial charge in [0.25, 0.3) is 10.1 Å². The van der Waals surface area contributed by atoms with Crippen LogP contribution in [0.5, 0.6) is 5.75 Å². The molecular formula is C10H7NO5S. The number of fused-ring (bicyclic) bond motifs is 1. The summed E-state index contributed by atoms with van der Waals surface area (Å²) in [6, 6.07) is 6.91. The van der Waals surface area contributed by atoms with Crippen LogP contribution < -0.4 is 0 Å².